The first-order chi connectivity index (χ1) is 15.0. The molecule has 2 saturated heterocycles. The molecule has 1 saturated carbocycles. The van der Waals surface area contributed by atoms with Crippen LogP contribution in [0.2, 0.25) is 0 Å². The number of carbonyl (C=O) groups is 2. The normalized spacial score (nSPS) is 27.9. The van der Waals surface area contributed by atoms with Gasteiger partial charge in [-0.2, -0.15) is 0 Å². The summed E-state index contributed by atoms with van der Waals surface area (Å²) >= 11 is 5.48. The highest BCUT2D eigenvalue weighted by atomic mass is 32.1. The molecule has 0 bridgehead atoms. The molecule has 3 fully saturated rings. The summed E-state index contributed by atoms with van der Waals surface area (Å²) in [6.07, 6.45) is 4.37. The SMILES string of the molecule is CC(=O)c1cccc(NC(=O)O[C@@H]2CO[C@H]3[C@@H]2OC[C@@H]3NC(=S)NC2CCCCC2)c1. The number of nitrogens with one attached hydrogen (secondary N) is 3. The topological polar surface area (TPSA) is 97.9 Å². The van der Waals surface area contributed by atoms with Gasteiger partial charge in [0.1, 0.15) is 12.2 Å². The molecule has 1 aromatic carbocycles. The predicted octanol–water partition coefficient (Wildman–Crippen LogP) is 2.77. The molecule has 1 aromatic rings. The lowest BCUT2D eigenvalue weighted by Gasteiger charge is -2.26. The Labute approximate surface area is 187 Å². The predicted molar refractivity (Wildman–Crippen MR) is 119 cm³/mol. The van der Waals surface area contributed by atoms with Crippen LogP contribution in [0, 0.1) is 0 Å². The van der Waals surface area contributed by atoms with Crippen molar-refractivity contribution in [2.24, 2.45) is 0 Å². The number of anilines is 1. The number of ether oxygens (including phenoxy) is 3. The molecule has 3 N–H and O–H groups in total. The second-order valence-corrected chi connectivity index (χ2v) is 8.77. The quantitative estimate of drug-likeness (QED) is 0.468. The van der Waals surface area contributed by atoms with Crippen molar-refractivity contribution in [3.05, 3.63) is 29.8 Å². The van der Waals surface area contributed by atoms with E-state index in [9.17, 15) is 9.59 Å². The van der Waals surface area contributed by atoms with Gasteiger partial charge in [-0.05, 0) is 44.1 Å². The first-order valence-electron chi connectivity index (χ1n) is 10.9. The third kappa shape index (κ3) is 5.53. The number of carbonyl (C=O) groups excluding carboxylic acids is 2. The highest BCUT2D eigenvalue weighted by Gasteiger charge is 2.49. The zero-order chi connectivity index (χ0) is 21.8. The molecule has 3 aliphatic rings. The Morgan fingerprint density at radius 1 is 1.06 bits per heavy atom. The minimum Gasteiger partial charge on any atom is -0.441 e. The van der Waals surface area contributed by atoms with Gasteiger partial charge < -0.3 is 24.8 Å². The minimum atomic E-state index is -0.607. The van der Waals surface area contributed by atoms with Crippen LogP contribution in [0.5, 0.6) is 0 Å². The monoisotopic (exact) mass is 447 g/mol. The molecule has 31 heavy (non-hydrogen) atoms. The van der Waals surface area contributed by atoms with Gasteiger partial charge in [-0.1, -0.05) is 31.4 Å². The van der Waals surface area contributed by atoms with Crippen molar-refractivity contribution in [1.29, 1.82) is 0 Å². The number of amides is 1. The van der Waals surface area contributed by atoms with Gasteiger partial charge in [0.25, 0.3) is 0 Å². The number of rotatable bonds is 5. The van der Waals surface area contributed by atoms with E-state index in [1.165, 1.54) is 26.2 Å². The van der Waals surface area contributed by atoms with Crippen LogP contribution in [-0.4, -0.2) is 60.6 Å². The van der Waals surface area contributed by atoms with Gasteiger partial charge in [-0.15, -0.1) is 0 Å². The van der Waals surface area contributed by atoms with Crippen LogP contribution in [0.3, 0.4) is 0 Å². The molecule has 0 spiro atoms. The number of hydrogen-bond donors (Lipinski definition) is 3. The first-order valence-corrected chi connectivity index (χ1v) is 11.3. The van der Waals surface area contributed by atoms with Gasteiger partial charge in [0.05, 0.1) is 19.3 Å². The Hall–Kier alpha value is -2.23. The van der Waals surface area contributed by atoms with Gasteiger partial charge >= 0.3 is 6.09 Å². The lowest BCUT2D eigenvalue weighted by molar-refractivity contribution is 0.00879. The molecule has 8 nitrogen and oxygen atoms in total. The summed E-state index contributed by atoms with van der Waals surface area (Å²) in [6, 6.07) is 7.07. The zero-order valence-corrected chi connectivity index (χ0v) is 18.4. The lowest BCUT2D eigenvalue weighted by atomic mass is 9.96. The molecule has 1 aliphatic carbocycles. The number of ketones is 1. The summed E-state index contributed by atoms with van der Waals surface area (Å²) in [5.74, 6) is -0.0714. The standard InChI is InChI=1S/C22H29N3O5S/c1-13(26)14-6-5-9-16(10-14)24-22(27)30-18-12-29-19-17(11-28-20(18)19)25-21(31)23-15-7-3-2-4-8-15/h5-6,9-10,15,17-20H,2-4,7-8,11-12H2,1H3,(H,24,27)(H2,23,25,31)/t17-,18+,19+,20+/m0/s1. The van der Waals surface area contributed by atoms with Crippen LogP contribution in [0.4, 0.5) is 10.5 Å². The fourth-order valence-electron chi connectivity index (χ4n) is 4.43. The van der Waals surface area contributed by atoms with Gasteiger partial charge in [-0.25, -0.2) is 4.79 Å². The second-order valence-electron chi connectivity index (χ2n) is 8.36. The molecule has 2 heterocycles. The fourth-order valence-corrected chi connectivity index (χ4v) is 4.75. The molecule has 0 aromatic heterocycles. The summed E-state index contributed by atoms with van der Waals surface area (Å²) in [7, 11) is 0. The molecule has 2 aliphatic heterocycles. The average molecular weight is 448 g/mol. The largest absolute Gasteiger partial charge is 0.441 e. The number of benzene rings is 1. The van der Waals surface area contributed by atoms with Crippen molar-refractivity contribution in [3.63, 3.8) is 0 Å². The maximum Gasteiger partial charge on any atom is 0.412 e. The summed E-state index contributed by atoms with van der Waals surface area (Å²) in [5.41, 5.74) is 1.02. The highest BCUT2D eigenvalue weighted by Crippen LogP contribution is 2.29. The van der Waals surface area contributed by atoms with Crippen molar-refractivity contribution in [1.82, 2.24) is 10.6 Å². The van der Waals surface area contributed by atoms with E-state index in [0.29, 0.717) is 29.0 Å². The van der Waals surface area contributed by atoms with Crippen LogP contribution in [-0.2, 0) is 14.2 Å². The van der Waals surface area contributed by atoms with E-state index >= 15 is 0 Å². The Balaban J connectivity index is 1.26. The molecule has 168 valence electrons. The van der Waals surface area contributed by atoms with Crippen LogP contribution < -0.4 is 16.0 Å². The number of Topliss-reactive ketones (excluding diaryl/α,β-unsaturated/α-hetero) is 1. The van der Waals surface area contributed by atoms with Gasteiger partial charge in [0.15, 0.2) is 17.0 Å². The number of thiocarbonyl (C=S) groups is 1. The van der Waals surface area contributed by atoms with E-state index in [1.807, 2.05) is 0 Å². The smallest absolute Gasteiger partial charge is 0.412 e. The van der Waals surface area contributed by atoms with Crippen molar-refractivity contribution in [2.75, 3.05) is 18.5 Å². The van der Waals surface area contributed by atoms with Crippen molar-refractivity contribution >= 4 is 34.9 Å². The Morgan fingerprint density at radius 2 is 1.84 bits per heavy atom. The highest BCUT2D eigenvalue weighted by molar-refractivity contribution is 7.80. The van der Waals surface area contributed by atoms with Crippen LogP contribution in [0.15, 0.2) is 24.3 Å². The average Bonchev–Trinajstić information content (AvgIpc) is 3.32. The molecule has 4 atom stereocenters. The first kappa shape index (κ1) is 22.0. The summed E-state index contributed by atoms with van der Waals surface area (Å²) in [5, 5.41) is 9.99. The van der Waals surface area contributed by atoms with Crippen molar-refractivity contribution in [3.8, 4) is 0 Å². The van der Waals surface area contributed by atoms with Crippen LogP contribution in [0.1, 0.15) is 49.4 Å². The van der Waals surface area contributed by atoms with Gasteiger partial charge in [0, 0.05) is 17.3 Å². The van der Waals surface area contributed by atoms with Crippen molar-refractivity contribution < 1.29 is 23.8 Å². The Bertz CT molecular complexity index is 829. The number of hydrogen-bond acceptors (Lipinski definition) is 6. The molecular formula is C22H29N3O5S. The molecule has 4 rings (SSSR count). The molecular weight excluding hydrogens is 418 g/mol. The number of fused-ring (bicyclic) bond motifs is 1. The third-order valence-corrected chi connectivity index (χ3v) is 6.27. The fraction of sp³-hybridized carbons (Fsp3) is 0.591. The maximum atomic E-state index is 12.3. The Kier molecular flexibility index (Phi) is 7.04. The van der Waals surface area contributed by atoms with Gasteiger partial charge in [0.2, 0.25) is 0 Å². The van der Waals surface area contributed by atoms with E-state index in [1.54, 1.807) is 24.3 Å². The van der Waals surface area contributed by atoms with E-state index in [4.69, 9.17) is 26.4 Å². The molecule has 9 heteroatoms. The van der Waals surface area contributed by atoms with Crippen molar-refractivity contribution in [2.45, 2.75) is 69.4 Å². The van der Waals surface area contributed by atoms with Crippen LogP contribution >= 0.6 is 12.2 Å². The molecule has 0 unspecified atom stereocenters. The summed E-state index contributed by atoms with van der Waals surface area (Å²) in [4.78, 5) is 23.9. The lowest BCUT2D eigenvalue weighted by Crippen LogP contribution is -2.50. The second kappa shape index (κ2) is 9.93. The summed E-state index contributed by atoms with van der Waals surface area (Å²) < 4.78 is 17.3. The zero-order valence-electron chi connectivity index (χ0n) is 17.6. The van der Waals surface area contributed by atoms with Crippen LogP contribution in [0.25, 0.3) is 0 Å². The van der Waals surface area contributed by atoms with Gasteiger partial charge in [-0.3, -0.25) is 10.1 Å². The molecule has 1 amide bonds. The van der Waals surface area contributed by atoms with E-state index < -0.39 is 12.2 Å². The maximum absolute atomic E-state index is 12.3. The van der Waals surface area contributed by atoms with E-state index in [2.05, 4.69) is 16.0 Å². The Morgan fingerprint density at radius 3 is 2.61 bits per heavy atom. The van der Waals surface area contributed by atoms with E-state index in [0.717, 1.165) is 12.8 Å². The summed E-state index contributed by atoms with van der Waals surface area (Å²) in [6.45, 7) is 2.17. The molecule has 0 radical (unpaired) electrons. The minimum absolute atomic E-state index is 0.0714. The van der Waals surface area contributed by atoms with E-state index in [-0.39, 0.29) is 30.6 Å². The third-order valence-electron chi connectivity index (χ3n) is 6.04.